The molecule has 1 N–H and O–H groups in total. The molecule has 6 heteroatoms. The molecule has 1 aliphatic rings. The zero-order valence-corrected chi connectivity index (χ0v) is 14.7. The van der Waals surface area contributed by atoms with Crippen LogP contribution < -0.4 is 14.8 Å². The summed E-state index contributed by atoms with van der Waals surface area (Å²) in [6.45, 7) is 5.26. The van der Waals surface area contributed by atoms with Crippen molar-refractivity contribution in [2.24, 2.45) is 13.0 Å². The standard InChI is InChI=1S/C19H23N3O3/c1-13(2)19(15-5-6-16-17(10-15)25-9-8-24-16)21-18(23)7-4-14-11-20-22(3)12-14/h4-7,10-13,19H,8-9H2,1-3H3,(H,21,23)/b7-4+. The Hall–Kier alpha value is -2.76. The highest BCUT2D eigenvalue weighted by Crippen LogP contribution is 2.34. The van der Waals surface area contributed by atoms with Gasteiger partial charge in [-0.15, -0.1) is 0 Å². The lowest BCUT2D eigenvalue weighted by molar-refractivity contribution is -0.117. The number of benzene rings is 1. The number of hydrogen-bond donors (Lipinski definition) is 1. The molecule has 2 heterocycles. The monoisotopic (exact) mass is 341 g/mol. The first-order chi connectivity index (χ1) is 12.0. The lowest BCUT2D eigenvalue weighted by atomic mass is 9.95. The second kappa shape index (κ2) is 7.42. The fourth-order valence-corrected chi connectivity index (χ4v) is 2.79. The van der Waals surface area contributed by atoms with Gasteiger partial charge >= 0.3 is 0 Å². The molecule has 3 rings (SSSR count). The topological polar surface area (TPSA) is 65.4 Å². The maximum absolute atomic E-state index is 12.3. The van der Waals surface area contributed by atoms with Crippen LogP contribution in [-0.4, -0.2) is 28.9 Å². The predicted molar refractivity (Wildman–Crippen MR) is 95.4 cm³/mol. The average molecular weight is 341 g/mol. The normalized spacial score (nSPS) is 14.7. The second-order valence-corrected chi connectivity index (χ2v) is 6.41. The van der Waals surface area contributed by atoms with E-state index in [0.29, 0.717) is 13.2 Å². The van der Waals surface area contributed by atoms with E-state index < -0.39 is 0 Å². The first-order valence-electron chi connectivity index (χ1n) is 8.39. The number of fused-ring (bicyclic) bond motifs is 1. The van der Waals surface area contributed by atoms with E-state index in [0.717, 1.165) is 22.6 Å². The number of carbonyl (C=O) groups excluding carboxylic acids is 1. The van der Waals surface area contributed by atoms with Crippen LogP contribution in [0.1, 0.15) is 31.0 Å². The van der Waals surface area contributed by atoms with Gasteiger partial charge in [-0.25, -0.2) is 0 Å². The van der Waals surface area contributed by atoms with Crippen LogP contribution in [0.25, 0.3) is 6.08 Å². The highest BCUT2D eigenvalue weighted by molar-refractivity contribution is 5.91. The number of nitrogens with zero attached hydrogens (tertiary/aromatic N) is 2. The van der Waals surface area contributed by atoms with Crippen molar-refractivity contribution < 1.29 is 14.3 Å². The molecule has 6 nitrogen and oxygen atoms in total. The van der Waals surface area contributed by atoms with Crippen LogP contribution in [0.4, 0.5) is 0 Å². The van der Waals surface area contributed by atoms with Crippen molar-refractivity contribution in [3.63, 3.8) is 0 Å². The first-order valence-corrected chi connectivity index (χ1v) is 8.39. The lowest BCUT2D eigenvalue weighted by Gasteiger charge is -2.25. The zero-order valence-electron chi connectivity index (χ0n) is 14.7. The van der Waals surface area contributed by atoms with E-state index >= 15 is 0 Å². The summed E-state index contributed by atoms with van der Waals surface area (Å²) in [5.41, 5.74) is 1.89. The van der Waals surface area contributed by atoms with Gasteiger partial charge in [-0.05, 0) is 29.7 Å². The summed E-state index contributed by atoms with van der Waals surface area (Å²) in [5, 5.41) is 7.15. The molecule has 25 heavy (non-hydrogen) atoms. The molecule has 1 aliphatic heterocycles. The van der Waals surface area contributed by atoms with Gasteiger partial charge in [0.15, 0.2) is 11.5 Å². The van der Waals surface area contributed by atoms with E-state index in [4.69, 9.17) is 9.47 Å². The highest BCUT2D eigenvalue weighted by Gasteiger charge is 2.20. The number of carbonyl (C=O) groups is 1. The van der Waals surface area contributed by atoms with E-state index in [1.54, 1.807) is 17.0 Å². The summed E-state index contributed by atoms with van der Waals surface area (Å²) in [6.07, 6.45) is 6.85. The Morgan fingerprint density at radius 3 is 2.72 bits per heavy atom. The molecule has 1 amide bonds. The lowest BCUT2D eigenvalue weighted by Crippen LogP contribution is -2.30. The number of amides is 1. The number of aromatic nitrogens is 2. The molecule has 1 aromatic heterocycles. The van der Waals surface area contributed by atoms with Gasteiger partial charge < -0.3 is 14.8 Å². The third-order valence-electron chi connectivity index (χ3n) is 4.04. The van der Waals surface area contributed by atoms with Crippen molar-refractivity contribution in [1.82, 2.24) is 15.1 Å². The fourth-order valence-electron chi connectivity index (χ4n) is 2.79. The third-order valence-corrected chi connectivity index (χ3v) is 4.04. The van der Waals surface area contributed by atoms with Crippen molar-refractivity contribution in [1.29, 1.82) is 0 Å². The molecule has 1 unspecified atom stereocenters. The maximum Gasteiger partial charge on any atom is 0.244 e. The molecule has 0 fully saturated rings. The molecule has 0 saturated carbocycles. The zero-order chi connectivity index (χ0) is 17.8. The number of hydrogen-bond acceptors (Lipinski definition) is 4. The smallest absolute Gasteiger partial charge is 0.244 e. The minimum Gasteiger partial charge on any atom is -0.486 e. The van der Waals surface area contributed by atoms with Crippen LogP contribution >= 0.6 is 0 Å². The summed E-state index contributed by atoms with van der Waals surface area (Å²) in [6, 6.07) is 5.71. The van der Waals surface area contributed by atoms with E-state index in [1.165, 1.54) is 6.08 Å². The van der Waals surface area contributed by atoms with E-state index in [2.05, 4.69) is 24.3 Å². The molecule has 0 aliphatic carbocycles. The highest BCUT2D eigenvalue weighted by atomic mass is 16.6. The first kappa shape index (κ1) is 17.1. The van der Waals surface area contributed by atoms with Crippen molar-refractivity contribution in [2.45, 2.75) is 19.9 Å². The van der Waals surface area contributed by atoms with Crippen LogP contribution in [0, 0.1) is 5.92 Å². The van der Waals surface area contributed by atoms with Gasteiger partial charge in [-0.2, -0.15) is 5.10 Å². The van der Waals surface area contributed by atoms with Gasteiger partial charge in [0.2, 0.25) is 5.91 Å². The van der Waals surface area contributed by atoms with Crippen LogP contribution in [0.2, 0.25) is 0 Å². The SMILES string of the molecule is CC(C)C(NC(=O)/C=C/c1cnn(C)c1)c1ccc2c(c1)OCCO2. The average Bonchev–Trinajstić information content (AvgIpc) is 3.02. The van der Waals surface area contributed by atoms with E-state index in [-0.39, 0.29) is 17.9 Å². The Bertz CT molecular complexity index is 780. The molecule has 0 radical (unpaired) electrons. The van der Waals surface area contributed by atoms with Gasteiger partial charge in [-0.1, -0.05) is 19.9 Å². The Balaban J connectivity index is 1.72. The van der Waals surface area contributed by atoms with Gasteiger partial charge in [0.25, 0.3) is 0 Å². The van der Waals surface area contributed by atoms with Crippen molar-refractivity contribution in [3.8, 4) is 11.5 Å². The molecule has 132 valence electrons. The molecular formula is C19H23N3O3. The second-order valence-electron chi connectivity index (χ2n) is 6.41. The van der Waals surface area contributed by atoms with Gasteiger partial charge in [-0.3, -0.25) is 9.48 Å². The van der Waals surface area contributed by atoms with Gasteiger partial charge in [0, 0.05) is 24.9 Å². The molecular weight excluding hydrogens is 318 g/mol. The Labute approximate surface area is 147 Å². The molecule has 2 aromatic rings. The van der Waals surface area contributed by atoms with Crippen molar-refractivity contribution in [3.05, 3.63) is 47.8 Å². The molecule has 0 bridgehead atoms. The summed E-state index contributed by atoms with van der Waals surface area (Å²) in [4.78, 5) is 12.3. The quantitative estimate of drug-likeness (QED) is 0.849. The minimum atomic E-state index is -0.141. The fraction of sp³-hybridized carbons (Fsp3) is 0.368. The maximum atomic E-state index is 12.3. The molecule has 1 aromatic carbocycles. The Kier molecular flexibility index (Phi) is 5.07. The van der Waals surface area contributed by atoms with Crippen LogP contribution in [0.5, 0.6) is 11.5 Å². The van der Waals surface area contributed by atoms with E-state index in [9.17, 15) is 4.79 Å². The number of nitrogens with one attached hydrogen (secondary N) is 1. The third kappa shape index (κ3) is 4.21. The number of aryl methyl sites for hydroxylation is 1. The predicted octanol–water partition coefficient (Wildman–Crippen LogP) is 2.72. The van der Waals surface area contributed by atoms with Crippen molar-refractivity contribution in [2.75, 3.05) is 13.2 Å². The summed E-state index contributed by atoms with van der Waals surface area (Å²) in [7, 11) is 1.84. The molecule has 0 spiro atoms. The Morgan fingerprint density at radius 2 is 2.04 bits per heavy atom. The Morgan fingerprint density at radius 1 is 1.28 bits per heavy atom. The molecule has 1 atom stereocenters. The summed E-state index contributed by atoms with van der Waals surface area (Å²) in [5.74, 6) is 1.57. The van der Waals surface area contributed by atoms with E-state index in [1.807, 2.05) is 31.4 Å². The number of rotatable bonds is 5. The van der Waals surface area contributed by atoms with Crippen LogP contribution in [-0.2, 0) is 11.8 Å². The largest absolute Gasteiger partial charge is 0.486 e. The van der Waals surface area contributed by atoms with Crippen LogP contribution in [0.3, 0.4) is 0 Å². The molecule has 0 saturated heterocycles. The van der Waals surface area contributed by atoms with Crippen LogP contribution in [0.15, 0.2) is 36.7 Å². The summed E-state index contributed by atoms with van der Waals surface area (Å²) < 4.78 is 12.9. The van der Waals surface area contributed by atoms with Gasteiger partial charge in [0.1, 0.15) is 13.2 Å². The minimum absolute atomic E-state index is 0.109. The number of ether oxygens (including phenoxy) is 2. The van der Waals surface area contributed by atoms with Gasteiger partial charge in [0.05, 0.1) is 12.2 Å². The summed E-state index contributed by atoms with van der Waals surface area (Å²) >= 11 is 0. The van der Waals surface area contributed by atoms with Crippen molar-refractivity contribution >= 4 is 12.0 Å².